The third-order valence-electron chi connectivity index (χ3n) is 9.72. The minimum absolute atomic E-state index is 0.00396. The molecule has 12 heteroatoms. The number of anilines is 2. The molecule has 0 aliphatic carbocycles. The highest BCUT2D eigenvalue weighted by Crippen LogP contribution is 2.42. The summed E-state index contributed by atoms with van der Waals surface area (Å²) in [6, 6.07) is 8.17. The minimum atomic E-state index is -0.913. The summed E-state index contributed by atoms with van der Waals surface area (Å²) >= 11 is 0. The summed E-state index contributed by atoms with van der Waals surface area (Å²) in [5.74, 6) is 0.138. The van der Waals surface area contributed by atoms with E-state index >= 15 is 4.39 Å². The van der Waals surface area contributed by atoms with Crippen LogP contribution in [0.1, 0.15) is 55.1 Å². The third kappa shape index (κ3) is 5.57. The molecule has 1 N–H and O–H groups in total. The van der Waals surface area contributed by atoms with Crippen molar-refractivity contribution in [3.8, 4) is 11.8 Å². The fourth-order valence-corrected chi connectivity index (χ4v) is 7.67. The van der Waals surface area contributed by atoms with Crippen molar-refractivity contribution in [3.63, 3.8) is 0 Å². The van der Waals surface area contributed by atoms with Gasteiger partial charge in [0.2, 0.25) is 0 Å². The van der Waals surface area contributed by atoms with Gasteiger partial charge < -0.3 is 29.1 Å². The molecule has 5 heterocycles. The average molecular weight is 624 g/mol. The van der Waals surface area contributed by atoms with Crippen LogP contribution in [-0.4, -0.2) is 96.4 Å². The van der Waals surface area contributed by atoms with Gasteiger partial charge in [0.1, 0.15) is 35.9 Å². The van der Waals surface area contributed by atoms with Crippen molar-refractivity contribution in [1.82, 2.24) is 14.9 Å². The highest BCUT2D eigenvalue weighted by Gasteiger charge is 2.49. The van der Waals surface area contributed by atoms with Gasteiger partial charge in [-0.1, -0.05) is 12.1 Å². The summed E-state index contributed by atoms with van der Waals surface area (Å²) < 4.78 is 46.8. The monoisotopic (exact) mass is 623 g/mol. The van der Waals surface area contributed by atoms with E-state index in [0.29, 0.717) is 72.5 Å². The Balaban J connectivity index is 1.28. The Morgan fingerprint density at radius 2 is 1.96 bits per heavy atom. The van der Waals surface area contributed by atoms with Crippen LogP contribution in [0, 0.1) is 5.82 Å². The lowest BCUT2D eigenvalue weighted by atomic mass is 9.94. The highest BCUT2D eigenvalue weighted by molar-refractivity contribution is 6.12. The number of carbonyl (C=O) groups excluding carboxylic acids is 1. The van der Waals surface area contributed by atoms with Crippen molar-refractivity contribution < 1.29 is 32.9 Å². The zero-order valence-corrected chi connectivity index (χ0v) is 25.7. The number of halogens is 2. The van der Waals surface area contributed by atoms with Crippen LogP contribution >= 0.6 is 0 Å². The molecule has 3 fully saturated rings. The van der Waals surface area contributed by atoms with Gasteiger partial charge in [0.15, 0.2) is 6.79 Å². The lowest BCUT2D eigenvalue weighted by Gasteiger charge is -2.39. The Morgan fingerprint density at radius 1 is 1.11 bits per heavy atom. The fraction of sp³-hybridized carbons (Fsp3) is 0.545. The van der Waals surface area contributed by atoms with E-state index in [0.717, 1.165) is 25.8 Å². The number of nitrogens with zero attached hydrogens (tertiary/aromatic N) is 5. The first-order valence-electron chi connectivity index (χ1n) is 15.7. The number of piperidine rings is 1. The van der Waals surface area contributed by atoms with Gasteiger partial charge in [-0.3, -0.25) is 9.69 Å². The summed E-state index contributed by atoms with van der Waals surface area (Å²) in [5, 5.41) is 11.8. The lowest BCUT2D eigenvalue weighted by molar-refractivity contribution is 0.0445. The molecular formula is C33H39F2N5O5. The zero-order valence-electron chi connectivity index (χ0n) is 25.7. The van der Waals surface area contributed by atoms with Crippen molar-refractivity contribution >= 4 is 28.2 Å². The average Bonchev–Trinajstić information content (AvgIpc) is 3.54. The number of alkyl halides is 1. The second-order valence-corrected chi connectivity index (χ2v) is 13.1. The van der Waals surface area contributed by atoms with Crippen LogP contribution in [0.15, 0.2) is 30.3 Å². The number of aromatic nitrogens is 2. The van der Waals surface area contributed by atoms with Gasteiger partial charge in [-0.25, -0.2) is 8.78 Å². The van der Waals surface area contributed by atoms with Gasteiger partial charge >= 0.3 is 6.01 Å². The number of benzene rings is 2. The van der Waals surface area contributed by atoms with Crippen LogP contribution in [0.25, 0.3) is 10.8 Å². The molecule has 0 radical (unpaired) electrons. The van der Waals surface area contributed by atoms with E-state index in [1.807, 2.05) is 4.90 Å². The number of aliphatic hydroxyl groups is 1. The number of fused-ring (bicyclic) bond motifs is 3. The second-order valence-electron chi connectivity index (χ2n) is 13.1. The molecule has 45 heavy (non-hydrogen) atoms. The maximum absolute atomic E-state index is 15.3. The Bertz CT molecular complexity index is 1620. The van der Waals surface area contributed by atoms with Crippen LogP contribution in [-0.2, 0) is 11.2 Å². The maximum atomic E-state index is 15.3. The van der Waals surface area contributed by atoms with E-state index in [9.17, 15) is 14.3 Å². The first kappa shape index (κ1) is 30.1. The molecule has 0 spiro atoms. The number of β-amino-alcohol motifs (C(OH)–C–C–N with tert-alkyl or cyclic N) is 1. The molecule has 1 aromatic heterocycles. The standard InChI is InChI=1S/C33H39F2N5O5/c1-32(42)9-4-11-38(18-32)29-24-8-13-40(26-15-23(45-20-43-2)14-21-6-3-7-25(35)27(21)26)30(41)28(24)36-31(37-29)44-19-33-10-5-12-39(33)17-22(34)16-33/h3,6-7,14-15,22,42H,4-5,8-13,16-20H2,1-2H3/t22-,32?,33+/m1/s1. The molecule has 1 amide bonds. The minimum Gasteiger partial charge on any atom is -0.467 e. The fourth-order valence-electron chi connectivity index (χ4n) is 7.67. The normalized spacial score (nSPS) is 26.8. The van der Waals surface area contributed by atoms with E-state index < -0.39 is 29.0 Å². The number of amides is 1. The summed E-state index contributed by atoms with van der Waals surface area (Å²) in [6.45, 7) is 4.51. The number of methoxy groups -OCH3 is 1. The van der Waals surface area contributed by atoms with Crippen molar-refractivity contribution in [2.75, 3.05) is 63.0 Å². The van der Waals surface area contributed by atoms with Gasteiger partial charge in [-0.05, 0) is 63.1 Å². The summed E-state index contributed by atoms with van der Waals surface area (Å²) in [7, 11) is 1.51. The molecule has 240 valence electrons. The topological polar surface area (TPSA) is 100 Å². The molecule has 2 aromatic carbocycles. The molecule has 4 aliphatic heterocycles. The van der Waals surface area contributed by atoms with Crippen LogP contribution in [0.4, 0.5) is 20.3 Å². The van der Waals surface area contributed by atoms with E-state index in [4.69, 9.17) is 19.2 Å². The summed E-state index contributed by atoms with van der Waals surface area (Å²) in [5.41, 5.74) is -0.110. The Labute approximate surface area is 260 Å². The van der Waals surface area contributed by atoms with Gasteiger partial charge in [0.05, 0.1) is 16.8 Å². The van der Waals surface area contributed by atoms with E-state index in [-0.39, 0.29) is 31.6 Å². The molecule has 10 nitrogen and oxygen atoms in total. The highest BCUT2D eigenvalue weighted by atomic mass is 19.1. The molecular weight excluding hydrogens is 584 g/mol. The lowest BCUT2D eigenvalue weighted by Crippen LogP contribution is -2.48. The maximum Gasteiger partial charge on any atom is 0.319 e. The number of hydrogen-bond donors (Lipinski definition) is 1. The SMILES string of the molecule is COCOc1cc(N2CCc3c(nc(OC[C@@]45CCCN4C[C@H](F)C5)nc3N3CCCC(C)(O)C3)C2=O)c2c(F)cccc2c1. The first-order valence-corrected chi connectivity index (χ1v) is 15.7. The van der Waals surface area contributed by atoms with Crippen molar-refractivity contribution in [2.24, 2.45) is 0 Å². The molecule has 3 aromatic rings. The summed E-state index contributed by atoms with van der Waals surface area (Å²) in [6.07, 6.45) is 3.13. The molecule has 0 saturated carbocycles. The number of rotatable bonds is 8. The van der Waals surface area contributed by atoms with Gasteiger partial charge in [-0.15, -0.1) is 0 Å². The van der Waals surface area contributed by atoms with Gasteiger partial charge in [0.25, 0.3) is 5.91 Å². The van der Waals surface area contributed by atoms with Gasteiger partial charge in [-0.2, -0.15) is 9.97 Å². The van der Waals surface area contributed by atoms with Crippen LogP contribution < -0.4 is 19.3 Å². The van der Waals surface area contributed by atoms with E-state index in [2.05, 4.69) is 9.88 Å². The molecule has 1 unspecified atom stereocenters. The first-order chi connectivity index (χ1) is 21.7. The van der Waals surface area contributed by atoms with Crippen LogP contribution in [0.5, 0.6) is 11.8 Å². The van der Waals surface area contributed by atoms with Crippen molar-refractivity contribution in [3.05, 3.63) is 47.4 Å². The van der Waals surface area contributed by atoms with E-state index in [1.165, 1.54) is 18.1 Å². The largest absolute Gasteiger partial charge is 0.467 e. The number of ether oxygens (including phenoxy) is 3. The Kier molecular flexibility index (Phi) is 7.77. The predicted octanol–water partition coefficient (Wildman–Crippen LogP) is 4.26. The Hall–Kier alpha value is -3.61. The smallest absolute Gasteiger partial charge is 0.319 e. The molecule has 3 saturated heterocycles. The third-order valence-corrected chi connectivity index (χ3v) is 9.72. The number of hydrogen-bond acceptors (Lipinski definition) is 9. The van der Waals surface area contributed by atoms with E-state index in [1.54, 1.807) is 31.2 Å². The quantitative estimate of drug-likeness (QED) is 0.369. The second kappa shape index (κ2) is 11.6. The molecule has 7 rings (SSSR count). The van der Waals surface area contributed by atoms with Gasteiger partial charge in [0, 0.05) is 56.7 Å². The zero-order chi connectivity index (χ0) is 31.3. The van der Waals surface area contributed by atoms with Crippen LogP contribution in [0.2, 0.25) is 0 Å². The predicted molar refractivity (Wildman–Crippen MR) is 164 cm³/mol. The van der Waals surface area contributed by atoms with Crippen LogP contribution in [0.3, 0.4) is 0 Å². The molecule has 4 aliphatic rings. The summed E-state index contributed by atoms with van der Waals surface area (Å²) in [4.78, 5) is 29.5. The molecule has 0 bridgehead atoms. The number of carbonyl (C=O) groups is 1. The van der Waals surface area contributed by atoms with Crippen molar-refractivity contribution in [1.29, 1.82) is 0 Å². The Morgan fingerprint density at radius 3 is 2.78 bits per heavy atom. The molecule has 3 atom stereocenters. The van der Waals surface area contributed by atoms with Crippen molar-refractivity contribution in [2.45, 2.75) is 62.8 Å².